The maximum absolute atomic E-state index is 11.6. The standard InChI is InChI=1S/C17H15N3O/c21-13-16-15(19-14-7-2-1-3-8-14)9-6-12-20(16)17-10-4-5-11-18-17/h1-13,16,19H. The van der Waals surface area contributed by atoms with Gasteiger partial charge in [0.1, 0.15) is 18.1 Å². The van der Waals surface area contributed by atoms with Gasteiger partial charge in [0.25, 0.3) is 0 Å². The quantitative estimate of drug-likeness (QED) is 0.873. The third kappa shape index (κ3) is 2.84. The monoisotopic (exact) mass is 277 g/mol. The van der Waals surface area contributed by atoms with E-state index in [1.165, 1.54) is 0 Å². The molecule has 0 saturated carbocycles. The predicted octanol–water partition coefficient (Wildman–Crippen LogP) is 2.98. The van der Waals surface area contributed by atoms with E-state index in [1.54, 1.807) is 6.20 Å². The Labute approximate surface area is 123 Å². The van der Waals surface area contributed by atoms with Gasteiger partial charge in [-0.2, -0.15) is 0 Å². The molecule has 0 saturated heterocycles. The summed E-state index contributed by atoms with van der Waals surface area (Å²) in [4.78, 5) is 17.7. The number of carbonyl (C=O) groups is 1. The molecule has 0 fully saturated rings. The third-order valence-corrected chi connectivity index (χ3v) is 3.25. The van der Waals surface area contributed by atoms with Crippen molar-refractivity contribution in [1.82, 2.24) is 4.98 Å². The van der Waals surface area contributed by atoms with E-state index in [9.17, 15) is 4.79 Å². The van der Waals surface area contributed by atoms with E-state index in [1.807, 2.05) is 71.8 Å². The summed E-state index contributed by atoms with van der Waals surface area (Å²) in [6, 6.07) is 15.0. The lowest BCUT2D eigenvalue weighted by Gasteiger charge is -2.30. The first-order chi connectivity index (χ1) is 10.4. The first kappa shape index (κ1) is 13.1. The molecule has 1 atom stereocenters. The van der Waals surface area contributed by atoms with Crippen molar-refractivity contribution in [2.24, 2.45) is 0 Å². The highest BCUT2D eigenvalue weighted by Crippen LogP contribution is 2.22. The van der Waals surface area contributed by atoms with E-state index < -0.39 is 6.04 Å². The molecule has 1 aliphatic rings. The highest BCUT2D eigenvalue weighted by atomic mass is 16.1. The molecule has 1 N–H and O–H groups in total. The van der Waals surface area contributed by atoms with Crippen LogP contribution in [0.3, 0.4) is 0 Å². The summed E-state index contributed by atoms with van der Waals surface area (Å²) in [7, 11) is 0. The van der Waals surface area contributed by atoms with Crippen molar-refractivity contribution >= 4 is 17.8 Å². The molecule has 3 rings (SSSR count). The second kappa shape index (κ2) is 6.05. The molecular formula is C17H15N3O. The van der Waals surface area contributed by atoms with Crippen molar-refractivity contribution in [3.05, 3.63) is 78.8 Å². The molecule has 0 spiro atoms. The van der Waals surface area contributed by atoms with Gasteiger partial charge in [-0.05, 0) is 36.4 Å². The summed E-state index contributed by atoms with van der Waals surface area (Å²) in [6.45, 7) is 0. The fraction of sp³-hybridized carbons (Fsp3) is 0.0588. The fourth-order valence-electron chi connectivity index (χ4n) is 2.25. The van der Waals surface area contributed by atoms with Crippen LogP contribution in [0, 0.1) is 0 Å². The summed E-state index contributed by atoms with van der Waals surface area (Å²) >= 11 is 0. The first-order valence-electron chi connectivity index (χ1n) is 6.73. The van der Waals surface area contributed by atoms with Crippen LogP contribution in [-0.2, 0) is 4.79 Å². The lowest BCUT2D eigenvalue weighted by Crippen LogP contribution is -2.38. The van der Waals surface area contributed by atoms with Crippen LogP contribution in [-0.4, -0.2) is 17.3 Å². The normalized spacial score (nSPS) is 17.2. The molecular weight excluding hydrogens is 262 g/mol. The molecule has 0 aliphatic carbocycles. The summed E-state index contributed by atoms with van der Waals surface area (Å²) in [5.41, 5.74) is 1.77. The molecule has 104 valence electrons. The molecule has 0 amide bonds. The second-order valence-electron chi connectivity index (χ2n) is 4.63. The van der Waals surface area contributed by atoms with Crippen LogP contribution < -0.4 is 10.2 Å². The number of para-hydroxylation sites is 1. The van der Waals surface area contributed by atoms with Crippen molar-refractivity contribution in [3.8, 4) is 0 Å². The van der Waals surface area contributed by atoms with Gasteiger partial charge in [0.15, 0.2) is 0 Å². The van der Waals surface area contributed by atoms with Gasteiger partial charge in [-0.15, -0.1) is 0 Å². The SMILES string of the molecule is O=CC1C(Nc2ccccc2)=CC=CN1c1ccccn1. The first-order valence-corrected chi connectivity index (χ1v) is 6.73. The van der Waals surface area contributed by atoms with Crippen LogP contribution in [0.4, 0.5) is 11.5 Å². The second-order valence-corrected chi connectivity index (χ2v) is 4.63. The highest BCUT2D eigenvalue weighted by molar-refractivity contribution is 5.75. The van der Waals surface area contributed by atoms with Crippen molar-refractivity contribution in [1.29, 1.82) is 0 Å². The van der Waals surface area contributed by atoms with Crippen LogP contribution in [0.2, 0.25) is 0 Å². The smallest absolute Gasteiger partial charge is 0.148 e. The molecule has 1 unspecified atom stereocenters. The zero-order chi connectivity index (χ0) is 14.5. The zero-order valence-corrected chi connectivity index (χ0v) is 11.4. The van der Waals surface area contributed by atoms with E-state index in [2.05, 4.69) is 10.3 Å². The van der Waals surface area contributed by atoms with Gasteiger partial charge in [-0.25, -0.2) is 4.98 Å². The van der Waals surface area contributed by atoms with Gasteiger partial charge < -0.3 is 15.0 Å². The summed E-state index contributed by atoms with van der Waals surface area (Å²) < 4.78 is 0. The lowest BCUT2D eigenvalue weighted by molar-refractivity contribution is -0.108. The predicted molar refractivity (Wildman–Crippen MR) is 83.9 cm³/mol. The number of hydrogen-bond donors (Lipinski definition) is 1. The number of anilines is 2. The Morgan fingerprint density at radius 2 is 1.90 bits per heavy atom. The van der Waals surface area contributed by atoms with Gasteiger partial charge in [0, 0.05) is 23.8 Å². The van der Waals surface area contributed by atoms with Crippen LogP contribution in [0.1, 0.15) is 0 Å². The Bertz CT molecular complexity index is 665. The molecule has 4 nitrogen and oxygen atoms in total. The number of rotatable bonds is 4. The molecule has 2 heterocycles. The van der Waals surface area contributed by atoms with E-state index in [0.29, 0.717) is 0 Å². The zero-order valence-electron chi connectivity index (χ0n) is 11.4. The van der Waals surface area contributed by atoms with Crippen LogP contribution in [0.15, 0.2) is 78.8 Å². The third-order valence-electron chi connectivity index (χ3n) is 3.25. The average molecular weight is 277 g/mol. The van der Waals surface area contributed by atoms with E-state index >= 15 is 0 Å². The van der Waals surface area contributed by atoms with Crippen LogP contribution >= 0.6 is 0 Å². The van der Waals surface area contributed by atoms with Crippen LogP contribution in [0.5, 0.6) is 0 Å². The largest absolute Gasteiger partial charge is 0.357 e. The highest BCUT2D eigenvalue weighted by Gasteiger charge is 2.23. The van der Waals surface area contributed by atoms with Crippen LogP contribution in [0.25, 0.3) is 0 Å². The maximum atomic E-state index is 11.6. The minimum Gasteiger partial charge on any atom is -0.357 e. The topological polar surface area (TPSA) is 45.2 Å². The number of carbonyl (C=O) groups excluding carboxylic acids is 1. The number of pyridine rings is 1. The molecule has 21 heavy (non-hydrogen) atoms. The molecule has 1 aromatic carbocycles. The van der Waals surface area contributed by atoms with E-state index in [0.717, 1.165) is 23.5 Å². The van der Waals surface area contributed by atoms with E-state index in [4.69, 9.17) is 0 Å². The minimum atomic E-state index is -0.412. The van der Waals surface area contributed by atoms with Gasteiger partial charge >= 0.3 is 0 Å². The molecule has 0 radical (unpaired) electrons. The van der Waals surface area contributed by atoms with Crippen molar-refractivity contribution in [2.45, 2.75) is 6.04 Å². The Kier molecular flexibility index (Phi) is 3.78. The Hall–Kier alpha value is -2.88. The Morgan fingerprint density at radius 1 is 1.10 bits per heavy atom. The number of allylic oxidation sites excluding steroid dienone is 2. The fourth-order valence-corrected chi connectivity index (χ4v) is 2.25. The van der Waals surface area contributed by atoms with E-state index in [-0.39, 0.29) is 0 Å². The number of aldehydes is 1. The van der Waals surface area contributed by atoms with Crippen molar-refractivity contribution in [3.63, 3.8) is 0 Å². The summed E-state index contributed by atoms with van der Waals surface area (Å²) in [6.07, 6.45) is 8.30. The number of aromatic nitrogens is 1. The summed E-state index contributed by atoms with van der Waals surface area (Å²) in [5.74, 6) is 0.742. The Balaban J connectivity index is 1.86. The molecule has 4 heteroatoms. The summed E-state index contributed by atoms with van der Waals surface area (Å²) in [5, 5.41) is 3.29. The van der Waals surface area contributed by atoms with Gasteiger partial charge in [0.2, 0.25) is 0 Å². The molecule has 0 bridgehead atoms. The van der Waals surface area contributed by atoms with Crippen molar-refractivity contribution in [2.75, 3.05) is 10.2 Å². The number of nitrogens with zero attached hydrogens (tertiary/aromatic N) is 2. The minimum absolute atomic E-state index is 0.412. The number of benzene rings is 1. The van der Waals surface area contributed by atoms with Gasteiger partial charge in [0.05, 0.1) is 0 Å². The Morgan fingerprint density at radius 3 is 2.62 bits per heavy atom. The van der Waals surface area contributed by atoms with Crippen molar-refractivity contribution < 1.29 is 4.79 Å². The molecule has 2 aromatic rings. The van der Waals surface area contributed by atoms with Gasteiger partial charge in [-0.3, -0.25) is 0 Å². The molecule has 1 aromatic heterocycles. The molecule has 1 aliphatic heterocycles. The number of nitrogens with one attached hydrogen (secondary N) is 1. The lowest BCUT2D eigenvalue weighted by atomic mass is 10.1. The maximum Gasteiger partial charge on any atom is 0.148 e. The van der Waals surface area contributed by atoms with Gasteiger partial charge in [-0.1, -0.05) is 24.3 Å². The average Bonchev–Trinajstić information content (AvgIpc) is 2.56. The number of hydrogen-bond acceptors (Lipinski definition) is 4.